The van der Waals surface area contributed by atoms with Gasteiger partial charge in [0.2, 0.25) is 0 Å². The molecular formula is C14H12BrClN2O3. The van der Waals surface area contributed by atoms with E-state index >= 15 is 0 Å². The molecule has 110 valence electrons. The maximum atomic E-state index is 12.0. The first-order chi connectivity index (χ1) is 10.0. The molecule has 1 heterocycles. The molecule has 1 aromatic carbocycles. The molecule has 0 aliphatic rings. The van der Waals surface area contributed by atoms with Gasteiger partial charge >= 0.3 is 5.97 Å². The Morgan fingerprint density at radius 1 is 1.38 bits per heavy atom. The van der Waals surface area contributed by atoms with Crippen molar-refractivity contribution in [1.29, 1.82) is 0 Å². The number of rotatable bonds is 4. The average molecular weight is 372 g/mol. The van der Waals surface area contributed by atoms with E-state index in [1.807, 2.05) is 0 Å². The maximum absolute atomic E-state index is 12.0. The highest BCUT2D eigenvalue weighted by atomic mass is 79.9. The lowest BCUT2D eigenvalue weighted by Gasteiger charge is -2.13. The van der Waals surface area contributed by atoms with Crippen molar-refractivity contribution in [2.24, 2.45) is 0 Å². The van der Waals surface area contributed by atoms with E-state index in [1.165, 1.54) is 18.3 Å². The largest absolute Gasteiger partial charge is 0.462 e. The summed E-state index contributed by atoms with van der Waals surface area (Å²) < 4.78 is 11.4. The molecule has 2 N–H and O–H groups in total. The Morgan fingerprint density at radius 3 is 2.81 bits per heavy atom. The number of nitrogen functional groups attached to an aromatic ring is 1. The van der Waals surface area contributed by atoms with Gasteiger partial charge in [-0.25, -0.2) is 4.79 Å². The number of aromatic nitrogens is 1. The van der Waals surface area contributed by atoms with E-state index in [0.29, 0.717) is 11.4 Å². The lowest BCUT2D eigenvalue weighted by molar-refractivity contribution is 0.0523. The van der Waals surface area contributed by atoms with Crippen LogP contribution in [-0.4, -0.2) is 17.6 Å². The van der Waals surface area contributed by atoms with Gasteiger partial charge in [-0.3, -0.25) is 4.98 Å². The number of hydrogen-bond acceptors (Lipinski definition) is 5. The van der Waals surface area contributed by atoms with Crippen LogP contribution >= 0.6 is 27.5 Å². The Morgan fingerprint density at radius 2 is 2.14 bits per heavy atom. The Kier molecular flexibility index (Phi) is 5.03. The Balaban J connectivity index is 2.44. The van der Waals surface area contributed by atoms with Crippen LogP contribution in [0.1, 0.15) is 17.3 Å². The minimum atomic E-state index is -0.551. The number of anilines is 1. The second-order valence-electron chi connectivity index (χ2n) is 4.04. The number of ether oxygens (including phenoxy) is 2. The van der Waals surface area contributed by atoms with Crippen molar-refractivity contribution >= 4 is 39.2 Å². The van der Waals surface area contributed by atoms with Gasteiger partial charge in [-0.05, 0) is 41.1 Å². The zero-order valence-corrected chi connectivity index (χ0v) is 13.4. The van der Waals surface area contributed by atoms with E-state index in [4.69, 9.17) is 26.8 Å². The maximum Gasteiger partial charge on any atom is 0.342 e. The van der Waals surface area contributed by atoms with E-state index in [9.17, 15) is 4.79 Å². The summed E-state index contributed by atoms with van der Waals surface area (Å²) in [6.07, 6.45) is 3.12. The zero-order valence-electron chi connectivity index (χ0n) is 11.1. The summed E-state index contributed by atoms with van der Waals surface area (Å²) in [7, 11) is 0. The van der Waals surface area contributed by atoms with Crippen LogP contribution < -0.4 is 10.5 Å². The van der Waals surface area contributed by atoms with Crippen LogP contribution in [0, 0.1) is 0 Å². The fourth-order valence-corrected chi connectivity index (χ4v) is 2.25. The third-order valence-electron chi connectivity index (χ3n) is 2.46. The number of esters is 1. The smallest absolute Gasteiger partial charge is 0.342 e. The molecule has 2 rings (SSSR count). The van der Waals surface area contributed by atoms with Crippen molar-refractivity contribution in [2.45, 2.75) is 6.92 Å². The van der Waals surface area contributed by atoms with E-state index in [1.54, 1.807) is 19.2 Å². The average Bonchev–Trinajstić information content (AvgIpc) is 2.42. The number of pyridine rings is 1. The number of carbonyl (C=O) groups is 1. The third kappa shape index (κ3) is 3.86. The Labute approximate surface area is 135 Å². The van der Waals surface area contributed by atoms with Crippen molar-refractivity contribution in [2.75, 3.05) is 12.3 Å². The van der Waals surface area contributed by atoms with Crippen molar-refractivity contribution in [1.82, 2.24) is 4.98 Å². The number of nitrogens with zero attached hydrogens (tertiary/aromatic N) is 1. The van der Waals surface area contributed by atoms with Crippen LogP contribution in [0.25, 0.3) is 0 Å². The van der Waals surface area contributed by atoms with Crippen LogP contribution in [0.5, 0.6) is 11.5 Å². The summed E-state index contributed by atoms with van der Waals surface area (Å²) in [6, 6.07) is 4.67. The Bertz CT molecular complexity index is 679. The van der Waals surface area contributed by atoms with E-state index in [2.05, 4.69) is 20.9 Å². The molecule has 0 amide bonds. The first-order valence-corrected chi connectivity index (χ1v) is 7.23. The third-order valence-corrected chi connectivity index (χ3v) is 3.18. The van der Waals surface area contributed by atoms with Gasteiger partial charge in [-0.15, -0.1) is 0 Å². The molecule has 21 heavy (non-hydrogen) atoms. The van der Waals surface area contributed by atoms with Crippen molar-refractivity contribution in [3.05, 3.63) is 45.7 Å². The zero-order chi connectivity index (χ0) is 15.4. The van der Waals surface area contributed by atoms with Gasteiger partial charge in [0, 0.05) is 16.4 Å². The Hall–Kier alpha value is -1.79. The highest BCUT2D eigenvalue weighted by Gasteiger charge is 2.19. The fraction of sp³-hybridized carbons (Fsp3) is 0.143. The SMILES string of the molecule is CCOC(=O)c1cc(N)cc(Cl)c1Oc1cncc(Br)c1. The molecule has 0 aliphatic carbocycles. The summed E-state index contributed by atoms with van der Waals surface area (Å²) in [5.74, 6) is 0.0652. The number of halogens is 2. The first kappa shape index (κ1) is 15.6. The summed E-state index contributed by atoms with van der Waals surface area (Å²) in [5.41, 5.74) is 6.23. The number of hydrogen-bond donors (Lipinski definition) is 1. The number of benzene rings is 1. The molecule has 0 saturated heterocycles. The van der Waals surface area contributed by atoms with Gasteiger partial charge in [0.1, 0.15) is 11.3 Å². The van der Waals surface area contributed by atoms with E-state index in [-0.39, 0.29) is 22.9 Å². The molecule has 2 aromatic rings. The molecule has 7 heteroatoms. The highest BCUT2D eigenvalue weighted by molar-refractivity contribution is 9.10. The monoisotopic (exact) mass is 370 g/mol. The standard InChI is InChI=1S/C14H12BrClN2O3/c1-2-20-14(19)11-4-9(17)5-12(16)13(11)21-10-3-8(15)6-18-7-10/h3-7H,2,17H2,1H3. The quantitative estimate of drug-likeness (QED) is 0.648. The fourth-order valence-electron chi connectivity index (χ4n) is 1.64. The minimum Gasteiger partial charge on any atom is -0.462 e. The molecular weight excluding hydrogens is 360 g/mol. The number of carbonyl (C=O) groups excluding carboxylic acids is 1. The molecule has 0 atom stereocenters. The van der Waals surface area contributed by atoms with Crippen LogP contribution in [0.15, 0.2) is 35.1 Å². The molecule has 0 bridgehead atoms. The molecule has 1 aromatic heterocycles. The predicted molar refractivity (Wildman–Crippen MR) is 83.8 cm³/mol. The van der Waals surface area contributed by atoms with E-state index in [0.717, 1.165) is 4.47 Å². The lowest BCUT2D eigenvalue weighted by atomic mass is 10.1. The van der Waals surface area contributed by atoms with E-state index < -0.39 is 5.97 Å². The van der Waals surface area contributed by atoms with Crippen LogP contribution in [-0.2, 0) is 4.74 Å². The molecule has 0 radical (unpaired) electrons. The lowest BCUT2D eigenvalue weighted by Crippen LogP contribution is -2.08. The number of nitrogens with two attached hydrogens (primary N) is 1. The summed E-state index contributed by atoms with van der Waals surface area (Å²) in [5, 5.41) is 0.220. The van der Waals surface area contributed by atoms with Crippen molar-refractivity contribution in [3.63, 3.8) is 0 Å². The highest BCUT2D eigenvalue weighted by Crippen LogP contribution is 2.35. The minimum absolute atomic E-state index is 0.168. The van der Waals surface area contributed by atoms with Gasteiger partial charge in [-0.2, -0.15) is 0 Å². The van der Waals surface area contributed by atoms with Crippen LogP contribution in [0.2, 0.25) is 5.02 Å². The van der Waals surface area contributed by atoms with Crippen molar-refractivity contribution < 1.29 is 14.3 Å². The molecule has 0 fully saturated rings. The summed E-state index contributed by atoms with van der Waals surface area (Å²) >= 11 is 9.41. The second-order valence-corrected chi connectivity index (χ2v) is 5.36. The molecule has 0 saturated carbocycles. The second kappa shape index (κ2) is 6.78. The van der Waals surface area contributed by atoms with Gasteiger partial charge in [0.25, 0.3) is 0 Å². The van der Waals surface area contributed by atoms with Gasteiger partial charge < -0.3 is 15.2 Å². The van der Waals surface area contributed by atoms with Crippen LogP contribution in [0.4, 0.5) is 5.69 Å². The van der Waals surface area contributed by atoms with Crippen molar-refractivity contribution in [3.8, 4) is 11.5 Å². The van der Waals surface area contributed by atoms with Gasteiger partial charge in [0.05, 0.1) is 17.8 Å². The summed E-state index contributed by atoms with van der Waals surface area (Å²) in [4.78, 5) is 16.0. The van der Waals surface area contributed by atoms with Gasteiger partial charge in [0.15, 0.2) is 5.75 Å². The molecule has 0 spiro atoms. The molecule has 5 nitrogen and oxygen atoms in total. The molecule has 0 aliphatic heterocycles. The summed E-state index contributed by atoms with van der Waals surface area (Å²) in [6.45, 7) is 1.95. The molecule has 0 unspecified atom stereocenters. The normalized spacial score (nSPS) is 10.2. The topological polar surface area (TPSA) is 74.4 Å². The van der Waals surface area contributed by atoms with Crippen LogP contribution in [0.3, 0.4) is 0 Å². The van der Waals surface area contributed by atoms with Gasteiger partial charge in [-0.1, -0.05) is 11.6 Å². The first-order valence-electron chi connectivity index (χ1n) is 6.05. The predicted octanol–water partition coefficient (Wildman–Crippen LogP) is 4.05.